The number of fused-ring (bicyclic) bond motifs is 1. The average Bonchev–Trinajstić information content (AvgIpc) is 3.22. The van der Waals surface area contributed by atoms with E-state index in [1.165, 1.54) is 6.07 Å². The van der Waals surface area contributed by atoms with Gasteiger partial charge in [-0.2, -0.15) is 18.2 Å². The Morgan fingerprint density at radius 3 is 2.32 bits per heavy atom. The number of nitrogens with zero attached hydrogens (tertiary/aromatic N) is 2. The van der Waals surface area contributed by atoms with Crippen molar-refractivity contribution < 1.29 is 33.1 Å². The van der Waals surface area contributed by atoms with Gasteiger partial charge in [0, 0.05) is 23.0 Å². The minimum absolute atomic E-state index is 0.0545. The molecule has 0 unspecified atom stereocenters. The van der Waals surface area contributed by atoms with Crippen molar-refractivity contribution >= 4 is 45.9 Å². The van der Waals surface area contributed by atoms with Crippen LogP contribution in [0.4, 0.5) is 29.3 Å². The van der Waals surface area contributed by atoms with Crippen molar-refractivity contribution in [3.05, 3.63) is 89.1 Å². The fourth-order valence-corrected chi connectivity index (χ4v) is 3.59. The molecule has 3 N–H and O–H groups in total. The lowest BCUT2D eigenvalue weighted by Crippen LogP contribution is -2.32. The second kappa shape index (κ2) is 8.73. The Kier molecular flexibility index (Phi) is 5.94. The molecule has 34 heavy (non-hydrogen) atoms. The van der Waals surface area contributed by atoms with Crippen LogP contribution in [0.15, 0.2) is 72.9 Å². The minimum Gasteiger partial charge on any atom is -0.478 e. The molecule has 0 atom stereocenters. The van der Waals surface area contributed by atoms with Crippen LogP contribution >= 0.6 is 11.6 Å². The van der Waals surface area contributed by atoms with E-state index in [1.807, 2.05) is 4.57 Å². The third kappa shape index (κ3) is 4.54. The molecule has 0 fully saturated rings. The van der Waals surface area contributed by atoms with Crippen LogP contribution < -0.4 is 10.4 Å². The highest BCUT2D eigenvalue weighted by Crippen LogP contribution is 2.37. The summed E-state index contributed by atoms with van der Waals surface area (Å²) in [6.45, 7) is 0. The molecule has 1 heterocycles. The predicted octanol–water partition coefficient (Wildman–Crippen LogP) is 6.43. The Morgan fingerprint density at radius 2 is 1.68 bits per heavy atom. The van der Waals surface area contributed by atoms with Gasteiger partial charge in [0.15, 0.2) is 0 Å². The quantitative estimate of drug-likeness (QED) is 0.227. The largest absolute Gasteiger partial charge is 0.478 e. The number of nitrogens with one attached hydrogen (secondary N) is 1. The Morgan fingerprint density at radius 1 is 0.971 bits per heavy atom. The molecule has 2 amide bonds. The summed E-state index contributed by atoms with van der Waals surface area (Å²) in [4.78, 5) is 23.5. The lowest BCUT2D eigenvalue weighted by molar-refractivity contribution is -0.137. The van der Waals surface area contributed by atoms with Gasteiger partial charge in [0.2, 0.25) is 0 Å². The van der Waals surface area contributed by atoms with Crippen molar-refractivity contribution in [1.29, 1.82) is 0 Å². The van der Waals surface area contributed by atoms with Crippen LogP contribution in [-0.2, 0) is 6.18 Å². The molecule has 174 valence electrons. The van der Waals surface area contributed by atoms with Crippen LogP contribution in [0.3, 0.4) is 0 Å². The molecule has 0 aliphatic heterocycles. The van der Waals surface area contributed by atoms with E-state index in [-0.39, 0.29) is 16.3 Å². The Labute approximate surface area is 195 Å². The van der Waals surface area contributed by atoms with Crippen molar-refractivity contribution in [2.75, 3.05) is 10.4 Å². The third-order valence-electron chi connectivity index (χ3n) is 5.03. The number of hydrogen-bond donors (Lipinski definition) is 3. The molecule has 0 saturated heterocycles. The van der Waals surface area contributed by atoms with Gasteiger partial charge in [-0.15, -0.1) is 0 Å². The molecule has 0 aliphatic rings. The van der Waals surface area contributed by atoms with Crippen molar-refractivity contribution in [3.8, 4) is 5.69 Å². The monoisotopic (exact) mass is 489 g/mol. The summed E-state index contributed by atoms with van der Waals surface area (Å²) in [5, 5.41) is 21.8. The summed E-state index contributed by atoms with van der Waals surface area (Å²) >= 11 is 5.56. The number of carboxylic acids is 1. The molecular weight excluding hydrogens is 475 g/mol. The van der Waals surface area contributed by atoms with Crippen LogP contribution in [0, 0.1) is 0 Å². The molecule has 4 rings (SSSR count). The number of rotatable bonds is 4. The maximum Gasteiger partial charge on any atom is 0.417 e. The third-order valence-corrected chi connectivity index (χ3v) is 5.36. The van der Waals surface area contributed by atoms with Crippen molar-refractivity contribution in [3.63, 3.8) is 0 Å². The number of aromatic carboxylic acids is 1. The molecule has 7 nitrogen and oxygen atoms in total. The second-order valence-electron chi connectivity index (χ2n) is 7.22. The maximum absolute atomic E-state index is 13.0. The Hall–Kier alpha value is -4.02. The van der Waals surface area contributed by atoms with E-state index in [9.17, 15) is 28.0 Å². The highest BCUT2D eigenvalue weighted by Gasteiger charge is 2.34. The number of anilines is 2. The first-order chi connectivity index (χ1) is 16.0. The molecule has 0 bridgehead atoms. The first-order valence-corrected chi connectivity index (χ1v) is 10.0. The molecule has 0 spiro atoms. The Balaban J connectivity index is 1.51. The highest BCUT2D eigenvalue weighted by atomic mass is 35.5. The zero-order valence-corrected chi connectivity index (χ0v) is 17.8. The molecule has 11 heteroatoms. The van der Waals surface area contributed by atoms with E-state index in [0.29, 0.717) is 11.8 Å². The number of aromatic nitrogens is 1. The average molecular weight is 490 g/mol. The van der Waals surface area contributed by atoms with E-state index in [2.05, 4.69) is 5.32 Å². The normalized spacial score (nSPS) is 11.4. The first kappa shape index (κ1) is 23.1. The van der Waals surface area contributed by atoms with Crippen LogP contribution in [0.5, 0.6) is 0 Å². The lowest BCUT2D eigenvalue weighted by atomic mass is 10.1. The topological polar surface area (TPSA) is 94.8 Å². The summed E-state index contributed by atoms with van der Waals surface area (Å²) < 4.78 is 40.9. The number of benzene rings is 3. The first-order valence-electron chi connectivity index (χ1n) is 9.66. The van der Waals surface area contributed by atoms with Gasteiger partial charge in [0.25, 0.3) is 0 Å². The number of carbonyl (C=O) groups excluding carboxylic acids is 1. The van der Waals surface area contributed by atoms with Crippen LogP contribution in [0.2, 0.25) is 5.02 Å². The fraction of sp³-hybridized carbons (Fsp3) is 0.0435. The number of halogens is 4. The van der Waals surface area contributed by atoms with Gasteiger partial charge in [-0.05, 0) is 66.7 Å². The van der Waals surface area contributed by atoms with Gasteiger partial charge in [-0.3, -0.25) is 5.21 Å². The predicted molar refractivity (Wildman–Crippen MR) is 120 cm³/mol. The van der Waals surface area contributed by atoms with Crippen LogP contribution in [0.25, 0.3) is 16.6 Å². The number of hydrogen-bond acceptors (Lipinski definition) is 3. The zero-order chi connectivity index (χ0) is 24.6. The SMILES string of the molecule is O=C(O)c1ccc2c(ccn2-c2ccc(NC(=O)N(O)c3ccc(Cl)c(C(F)(F)F)c3)cc2)c1. The van der Waals surface area contributed by atoms with Crippen LogP contribution in [0.1, 0.15) is 15.9 Å². The molecule has 0 saturated carbocycles. The van der Waals surface area contributed by atoms with Crippen molar-refractivity contribution in [1.82, 2.24) is 4.57 Å². The summed E-state index contributed by atoms with van der Waals surface area (Å²) in [6.07, 6.45) is -2.99. The number of carboxylic acid groups (broad SMARTS) is 1. The van der Waals surface area contributed by atoms with Gasteiger partial charge in [-0.1, -0.05) is 11.6 Å². The number of alkyl halides is 3. The van der Waals surface area contributed by atoms with E-state index >= 15 is 0 Å². The molecule has 4 aromatic rings. The summed E-state index contributed by atoms with van der Waals surface area (Å²) in [6, 6.07) is 14.4. The molecular formula is C23H15ClF3N3O4. The van der Waals surface area contributed by atoms with E-state index in [0.717, 1.165) is 23.0 Å². The van der Waals surface area contributed by atoms with E-state index in [1.54, 1.807) is 48.7 Å². The molecule has 3 aromatic carbocycles. The Bertz CT molecular complexity index is 1400. The summed E-state index contributed by atoms with van der Waals surface area (Å²) in [5.74, 6) is -1.03. The van der Waals surface area contributed by atoms with Crippen LogP contribution in [-0.4, -0.2) is 26.9 Å². The van der Waals surface area contributed by atoms with Gasteiger partial charge in [0.1, 0.15) is 0 Å². The summed E-state index contributed by atoms with van der Waals surface area (Å²) in [5.41, 5.74) is 0.334. The second-order valence-corrected chi connectivity index (χ2v) is 7.62. The number of hydroxylamine groups is 1. The molecule has 0 radical (unpaired) electrons. The number of carbonyl (C=O) groups is 2. The standard InChI is InChI=1S/C23H15ClF3N3O4/c24-19-7-6-17(12-18(19)23(25,26)27)30(34)22(33)28-15-2-4-16(5-3-15)29-10-9-13-11-14(21(31)32)1-8-20(13)29/h1-12,34H,(H,28,33)(H,31,32). The smallest absolute Gasteiger partial charge is 0.417 e. The minimum atomic E-state index is -4.75. The zero-order valence-electron chi connectivity index (χ0n) is 17.0. The molecule has 0 aliphatic carbocycles. The highest BCUT2D eigenvalue weighted by molar-refractivity contribution is 6.31. The van der Waals surface area contributed by atoms with Gasteiger partial charge >= 0.3 is 18.2 Å². The number of urea groups is 1. The maximum atomic E-state index is 13.0. The van der Waals surface area contributed by atoms with Gasteiger partial charge in [-0.25, -0.2) is 9.59 Å². The molecule has 1 aromatic heterocycles. The van der Waals surface area contributed by atoms with Gasteiger partial charge in [0.05, 0.1) is 27.4 Å². The lowest BCUT2D eigenvalue weighted by Gasteiger charge is -2.18. The van der Waals surface area contributed by atoms with E-state index < -0.39 is 34.5 Å². The fourth-order valence-electron chi connectivity index (χ4n) is 3.36. The van der Waals surface area contributed by atoms with Crippen molar-refractivity contribution in [2.24, 2.45) is 0 Å². The number of amides is 2. The van der Waals surface area contributed by atoms with Gasteiger partial charge < -0.3 is 15.0 Å². The van der Waals surface area contributed by atoms with Crippen molar-refractivity contribution in [2.45, 2.75) is 6.18 Å². The summed E-state index contributed by atoms with van der Waals surface area (Å²) in [7, 11) is 0. The van der Waals surface area contributed by atoms with E-state index in [4.69, 9.17) is 16.7 Å².